The lowest BCUT2D eigenvalue weighted by Gasteiger charge is -2.09. The van der Waals surface area contributed by atoms with Gasteiger partial charge in [-0.3, -0.25) is 0 Å². The molecule has 98 valence electrons. The summed E-state index contributed by atoms with van der Waals surface area (Å²) in [4.78, 5) is 4.62. The van der Waals surface area contributed by atoms with Gasteiger partial charge in [-0.2, -0.15) is 0 Å². The number of benzene rings is 1. The Morgan fingerprint density at radius 3 is 2.83 bits per heavy atom. The molecule has 0 unspecified atom stereocenters. The van der Waals surface area contributed by atoms with Crippen LogP contribution < -0.4 is 0 Å². The molecule has 3 nitrogen and oxygen atoms in total. The van der Waals surface area contributed by atoms with Crippen LogP contribution >= 0.6 is 23.2 Å². The predicted octanol–water partition coefficient (Wildman–Crippen LogP) is 3.43. The van der Waals surface area contributed by atoms with Crippen molar-refractivity contribution in [3.05, 3.63) is 28.5 Å². The van der Waals surface area contributed by atoms with Gasteiger partial charge in [-0.05, 0) is 24.6 Å². The van der Waals surface area contributed by atoms with Gasteiger partial charge < -0.3 is 9.30 Å². The van der Waals surface area contributed by atoms with E-state index in [2.05, 4.69) is 9.55 Å². The van der Waals surface area contributed by atoms with Crippen molar-refractivity contribution in [2.24, 2.45) is 0 Å². The number of fused-ring (bicyclic) bond motifs is 1. The smallest absolute Gasteiger partial charge is 0.111 e. The highest BCUT2D eigenvalue weighted by Gasteiger charge is 2.13. The molecule has 2 rings (SSSR count). The van der Waals surface area contributed by atoms with Crippen LogP contribution in [0.1, 0.15) is 11.4 Å². The maximum absolute atomic E-state index is 6.18. The fourth-order valence-corrected chi connectivity index (χ4v) is 2.44. The number of aryl methyl sites for hydroxylation is 2. The van der Waals surface area contributed by atoms with Gasteiger partial charge in [0.25, 0.3) is 0 Å². The van der Waals surface area contributed by atoms with E-state index in [0.29, 0.717) is 12.5 Å². The minimum atomic E-state index is 0.559. The van der Waals surface area contributed by atoms with Crippen molar-refractivity contribution in [2.45, 2.75) is 19.9 Å². The van der Waals surface area contributed by atoms with Gasteiger partial charge in [-0.25, -0.2) is 4.98 Å². The maximum Gasteiger partial charge on any atom is 0.111 e. The SMILES string of the molecule is COCCn1c(CCCl)nc2ccc(Cl)c(C)c21. The van der Waals surface area contributed by atoms with Gasteiger partial charge in [0, 0.05) is 31.0 Å². The molecule has 1 heterocycles. The zero-order valence-electron chi connectivity index (χ0n) is 10.5. The van der Waals surface area contributed by atoms with E-state index in [1.807, 2.05) is 19.1 Å². The van der Waals surface area contributed by atoms with Gasteiger partial charge in [0.1, 0.15) is 5.82 Å². The summed E-state index contributed by atoms with van der Waals surface area (Å²) in [5.41, 5.74) is 3.10. The second-order valence-corrected chi connectivity index (χ2v) is 4.94. The molecule has 0 N–H and O–H groups in total. The number of ether oxygens (including phenoxy) is 1. The first-order valence-electron chi connectivity index (χ1n) is 5.88. The van der Waals surface area contributed by atoms with Crippen LogP contribution in [-0.2, 0) is 17.7 Å². The Kier molecular flexibility index (Phi) is 4.49. The van der Waals surface area contributed by atoms with Crippen LogP contribution in [0.15, 0.2) is 12.1 Å². The van der Waals surface area contributed by atoms with Crippen LogP contribution in [-0.4, -0.2) is 29.1 Å². The number of imidazole rings is 1. The molecule has 0 radical (unpaired) electrons. The average Bonchev–Trinajstić information content (AvgIpc) is 2.70. The second kappa shape index (κ2) is 5.91. The van der Waals surface area contributed by atoms with Crippen molar-refractivity contribution in [2.75, 3.05) is 19.6 Å². The highest BCUT2D eigenvalue weighted by atomic mass is 35.5. The summed E-state index contributed by atoms with van der Waals surface area (Å²) in [6, 6.07) is 3.84. The average molecular weight is 287 g/mol. The van der Waals surface area contributed by atoms with Gasteiger partial charge in [0.2, 0.25) is 0 Å². The Morgan fingerprint density at radius 1 is 1.39 bits per heavy atom. The minimum absolute atomic E-state index is 0.559. The summed E-state index contributed by atoms with van der Waals surface area (Å²) >= 11 is 12.0. The van der Waals surface area contributed by atoms with E-state index in [-0.39, 0.29) is 0 Å². The molecular formula is C13H16Cl2N2O. The largest absolute Gasteiger partial charge is 0.383 e. The zero-order chi connectivity index (χ0) is 13.1. The number of hydrogen-bond donors (Lipinski definition) is 0. The Hall–Kier alpha value is -0.770. The lowest BCUT2D eigenvalue weighted by Crippen LogP contribution is -2.09. The highest BCUT2D eigenvalue weighted by molar-refractivity contribution is 6.32. The molecule has 0 aliphatic heterocycles. The van der Waals surface area contributed by atoms with E-state index in [1.165, 1.54) is 0 Å². The number of methoxy groups -OCH3 is 1. The number of nitrogens with zero attached hydrogens (tertiary/aromatic N) is 2. The Labute approximate surface area is 117 Å². The Morgan fingerprint density at radius 2 is 2.17 bits per heavy atom. The van der Waals surface area contributed by atoms with E-state index in [0.717, 1.165) is 40.4 Å². The quantitative estimate of drug-likeness (QED) is 0.788. The Bertz CT molecular complexity index is 551. The first-order chi connectivity index (χ1) is 8.69. The first-order valence-corrected chi connectivity index (χ1v) is 6.79. The summed E-state index contributed by atoms with van der Waals surface area (Å²) in [6.07, 6.45) is 0.747. The lowest BCUT2D eigenvalue weighted by atomic mass is 10.2. The third-order valence-electron chi connectivity index (χ3n) is 3.01. The molecule has 0 saturated heterocycles. The molecule has 2 aromatic rings. The van der Waals surface area contributed by atoms with E-state index in [9.17, 15) is 0 Å². The summed E-state index contributed by atoms with van der Waals surface area (Å²) in [5.74, 6) is 1.55. The lowest BCUT2D eigenvalue weighted by molar-refractivity contribution is 0.187. The molecule has 0 saturated carbocycles. The molecule has 0 aliphatic rings. The molecule has 1 aromatic heterocycles. The highest BCUT2D eigenvalue weighted by Crippen LogP contribution is 2.26. The van der Waals surface area contributed by atoms with Crippen LogP contribution in [0.4, 0.5) is 0 Å². The summed E-state index contributed by atoms with van der Waals surface area (Å²) in [6.45, 7) is 3.42. The van der Waals surface area contributed by atoms with E-state index in [1.54, 1.807) is 7.11 Å². The number of aromatic nitrogens is 2. The molecule has 5 heteroatoms. The number of halogens is 2. The predicted molar refractivity (Wildman–Crippen MR) is 75.8 cm³/mol. The second-order valence-electron chi connectivity index (χ2n) is 4.15. The minimum Gasteiger partial charge on any atom is -0.383 e. The standard InChI is InChI=1S/C13H16Cl2N2O/c1-9-10(15)3-4-11-13(9)17(7-8-18-2)12(16-11)5-6-14/h3-4H,5-8H2,1-2H3. The monoisotopic (exact) mass is 286 g/mol. The number of alkyl halides is 1. The van der Waals surface area contributed by atoms with Gasteiger partial charge in [-0.15, -0.1) is 11.6 Å². The molecule has 0 bridgehead atoms. The number of rotatable bonds is 5. The van der Waals surface area contributed by atoms with Crippen LogP contribution in [0.25, 0.3) is 11.0 Å². The molecule has 18 heavy (non-hydrogen) atoms. The molecule has 0 aliphatic carbocycles. The molecule has 0 fully saturated rings. The van der Waals surface area contributed by atoms with Gasteiger partial charge in [0.05, 0.1) is 17.6 Å². The van der Waals surface area contributed by atoms with Gasteiger partial charge >= 0.3 is 0 Å². The van der Waals surface area contributed by atoms with Crippen LogP contribution in [0, 0.1) is 6.92 Å². The van der Waals surface area contributed by atoms with E-state index >= 15 is 0 Å². The third-order valence-corrected chi connectivity index (χ3v) is 3.61. The number of hydrogen-bond acceptors (Lipinski definition) is 2. The molecule has 0 atom stereocenters. The van der Waals surface area contributed by atoms with Crippen LogP contribution in [0.2, 0.25) is 5.02 Å². The fraction of sp³-hybridized carbons (Fsp3) is 0.462. The molecule has 0 amide bonds. The van der Waals surface area contributed by atoms with Crippen LogP contribution in [0.3, 0.4) is 0 Å². The van der Waals surface area contributed by atoms with Crippen molar-refractivity contribution < 1.29 is 4.74 Å². The topological polar surface area (TPSA) is 27.1 Å². The van der Waals surface area contributed by atoms with Crippen molar-refractivity contribution in [1.82, 2.24) is 9.55 Å². The molecule has 1 aromatic carbocycles. The van der Waals surface area contributed by atoms with Crippen molar-refractivity contribution in [1.29, 1.82) is 0 Å². The van der Waals surface area contributed by atoms with E-state index < -0.39 is 0 Å². The van der Waals surface area contributed by atoms with Gasteiger partial charge in [0.15, 0.2) is 0 Å². The third kappa shape index (κ3) is 2.48. The normalized spacial score (nSPS) is 11.3. The van der Waals surface area contributed by atoms with Gasteiger partial charge in [-0.1, -0.05) is 11.6 Å². The molecule has 0 spiro atoms. The summed E-state index contributed by atoms with van der Waals surface area (Å²) in [7, 11) is 1.69. The summed E-state index contributed by atoms with van der Waals surface area (Å²) < 4.78 is 7.31. The zero-order valence-corrected chi connectivity index (χ0v) is 12.1. The fourth-order valence-electron chi connectivity index (χ4n) is 2.12. The van der Waals surface area contributed by atoms with E-state index in [4.69, 9.17) is 27.9 Å². The van der Waals surface area contributed by atoms with Crippen LogP contribution in [0.5, 0.6) is 0 Å². The summed E-state index contributed by atoms with van der Waals surface area (Å²) in [5, 5.41) is 0.762. The first kappa shape index (κ1) is 13.7. The van der Waals surface area contributed by atoms with Crippen molar-refractivity contribution >= 4 is 34.2 Å². The Balaban J connectivity index is 2.58. The van der Waals surface area contributed by atoms with Crippen molar-refractivity contribution in [3.63, 3.8) is 0 Å². The molecular weight excluding hydrogens is 271 g/mol. The maximum atomic E-state index is 6.18. The van der Waals surface area contributed by atoms with Crippen molar-refractivity contribution in [3.8, 4) is 0 Å².